The molecular weight excluding hydrogens is 288 g/mol. The molecule has 1 heterocycles. The molecular formula is C16H18O4S. The van der Waals surface area contributed by atoms with E-state index in [2.05, 4.69) is 0 Å². The SMILES string of the molecule is C[C@@H]1C2=C(CCCC2=O)O[C@H]1CS(=O)(=O)c1ccccc1. The van der Waals surface area contributed by atoms with E-state index in [-0.39, 0.29) is 17.5 Å². The van der Waals surface area contributed by atoms with Crippen molar-refractivity contribution in [3.05, 3.63) is 41.7 Å². The number of allylic oxidation sites excluding steroid dienone is 1. The van der Waals surface area contributed by atoms with Crippen molar-refractivity contribution >= 4 is 15.6 Å². The van der Waals surface area contributed by atoms with Crippen molar-refractivity contribution in [1.29, 1.82) is 0 Å². The van der Waals surface area contributed by atoms with Crippen molar-refractivity contribution in [3.8, 4) is 0 Å². The molecule has 0 saturated heterocycles. The largest absolute Gasteiger partial charge is 0.493 e. The summed E-state index contributed by atoms with van der Waals surface area (Å²) in [5.41, 5.74) is 0.717. The van der Waals surface area contributed by atoms with Crippen molar-refractivity contribution in [1.82, 2.24) is 0 Å². The number of hydrogen-bond acceptors (Lipinski definition) is 4. The van der Waals surface area contributed by atoms with Gasteiger partial charge in [0.2, 0.25) is 0 Å². The molecule has 0 bridgehead atoms. The van der Waals surface area contributed by atoms with E-state index in [9.17, 15) is 13.2 Å². The Bertz CT molecular complexity index is 688. The molecule has 0 amide bonds. The summed E-state index contributed by atoms with van der Waals surface area (Å²) in [7, 11) is -3.40. The summed E-state index contributed by atoms with van der Waals surface area (Å²) in [6, 6.07) is 8.38. The molecule has 0 unspecified atom stereocenters. The van der Waals surface area contributed by atoms with Gasteiger partial charge in [-0.2, -0.15) is 0 Å². The van der Waals surface area contributed by atoms with E-state index < -0.39 is 15.9 Å². The molecule has 0 fully saturated rings. The van der Waals surface area contributed by atoms with E-state index in [4.69, 9.17) is 4.74 Å². The third kappa shape index (κ3) is 2.62. The van der Waals surface area contributed by atoms with Crippen molar-refractivity contribution in [2.45, 2.75) is 37.2 Å². The lowest BCUT2D eigenvalue weighted by Gasteiger charge is -2.17. The Morgan fingerprint density at radius 3 is 2.57 bits per heavy atom. The van der Waals surface area contributed by atoms with Crippen molar-refractivity contribution in [2.75, 3.05) is 5.75 Å². The number of rotatable bonds is 3. The summed E-state index contributed by atoms with van der Waals surface area (Å²) >= 11 is 0. The number of sulfone groups is 1. The highest BCUT2D eigenvalue weighted by Crippen LogP contribution is 2.39. The van der Waals surface area contributed by atoms with Gasteiger partial charge in [0, 0.05) is 24.3 Å². The second-order valence-electron chi connectivity index (χ2n) is 5.65. The summed E-state index contributed by atoms with van der Waals surface area (Å²) in [4.78, 5) is 12.3. The number of ketones is 1. The van der Waals surface area contributed by atoms with E-state index in [1.807, 2.05) is 6.92 Å². The Kier molecular flexibility index (Phi) is 3.61. The molecule has 1 aliphatic heterocycles. The number of benzene rings is 1. The molecule has 0 aromatic heterocycles. The summed E-state index contributed by atoms with van der Waals surface area (Å²) in [5, 5.41) is 0. The van der Waals surface area contributed by atoms with E-state index >= 15 is 0 Å². The second kappa shape index (κ2) is 5.30. The zero-order chi connectivity index (χ0) is 15.0. The van der Waals surface area contributed by atoms with Gasteiger partial charge in [-0.3, -0.25) is 4.79 Å². The highest BCUT2D eigenvalue weighted by molar-refractivity contribution is 7.91. The fourth-order valence-electron chi connectivity index (χ4n) is 3.05. The van der Waals surface area contributed by atoms with Gasteiger partial charge in [0.05, 0.1) is 10.6 Å². The molecule has 0 N–H and O–H groups in total. The summed E-state index contributed by atoms with van der Waals surface area (Å²) in [5.74, 6) is 0.597. The van der Waals surface area contributed by atoms with Gasteiger partial charge in [0.15, 0.2) is 15.6 Å². The van der Waals surface area contributed by atoms with Crippen LogP contribution in [-0.4, -0.2) is 26.1 Å². The highest BCUT2D eigenvalue weighted by atomic mass is 32.2. The predicted molar refractivity (Wildman–Crippen MR) is 78.4 cm³/mol. The first-order valence-corrected chi connectivity index (χ1v) is 8.85. The molecule has 1 aliphatic carbocycles. The Morgan fingerprint density at radius 2 is 1.90 bits per heavy atom. The topological polar surface area (TPSA) is 60.4 Å². The van der Waals surface area contributed by atoms with Crippen LogP contribution in [0.2, 0.25) is 0 Å². The van der Waals surface area contributed by atoms with Gasteiger partial charge in [-0.25, -0.2) is 8.42 Å². The van der Waals surface area contributed by atoms with Crippen molar-refractivity contribution in [2.24, 2.45) is 5.92 Å². The summed E-state index contributed by atoms with van der Waals surface area (Å²) in [6.07, 6.45) is 1.63. The fraction of sp³-hybridized carbons (Fsp3) is 0.438. The zero-order valence-electron chi connectivity index (χ0n) is 11.9. The van der Waals surface area contributed by atoms with Crippen LogP contribution in [0.1, 0.15) is 26.2 Å². The standard InChI is InChI=1S/C16H18O4S/c1-11-15(20-14-9-5-8-13(17)16(11)14)10-21(18,19)12-6-3-2-4-7-12/h2-4,6-7,11,15H,5,8-10H2,1H3/t11-,15-/m0/s1. The van der Waals surface area contributed by atoms with E-state index in [1.54, 1.807) is 30.3 Å². The van der Waals surface area contributed by atoms with Gasteiger partial charge < -0.3 is 4.74 Å². The van der Waals surface area contributed by atoms with Crippen molar-refractivity contribution in [3.63, 3.8) is 0 Å². The first-order chi connectivity index (χ1) is 9.99. The van der Waals surface area contributed by atoms with Gasteiger partial charge in [0.25, 0.3) is 0 Å². The molecule has 4 nitrogen and oxygen atoms in total. The van der Waals surface area contributed by atoms with Gasteiger partial charge in [-0.15, -0.1) is 0 Å². The van der Waals surface area contributed by atoms with E-state index in [0.29, 0.717) is 17.1 Å². The van der Waals surface area contributed by atoms with Crippen LogP contribution in [0.4, 0.5) is 0 Å². The lowest BCUT2D eigenvalue weighted by atomic mass is 9.88. The van der Waals surface area contributed by atoms with E-state index in [0.717, 1.165) is 18.4 Å². The molecule has 112 valence electrons. The maximum absolute atomic E-state index is 12.4. The van der Waals surface area contributed by atoms with Crippen LogP contribution in [0.5, 0.6) is 0 Å². The molecule has 1 aromatic carbocycles. The fourth-order valence-corrected chi connectivity index (χ4v) is 4.61. The normalized spacial score (nSPS) is 25.7. The number of hydrogen-bond donors (Lipinski definition) is 0. The molecule has 1 aromatic rings. The lowest BCUT2D eigenvalue weighted by Crippen LogP contribution is -2.27. The van der Waals surface area contributed by atoms with Crippen LogP contribution in [0.15, 0.2) is 46.6 Å². The quantitative estimate of drug-likeness (QED) is 0.861. The minimum atomic E-state index is -3.40. The minimum absolute atomic E-state index is 0.0849. The Hall–Kier alpha value is -1.62. The number of carbonyl (C=O) groups excluding carboxylic acids is 1. The lowest BCUT2D eigenvalue weighted by molar-refractivity contribution is -0.116. The van der Waals surface area contributed by atoms with Gasteiger partial charge in [-0.1, -0.05) is 25.1 Å². The molecule has 3 rings (SSSR count). The Balaban J connectivity index is 1.80. The maximum Gasteiger partial charge on any atom is 0.182 e. The van der Waals surface area contributed by atoms with Gasteiger partial charge in [-0.05, 0) is 18.6 Å². The van der Waals surface area contributed by atoms with Crippen LogP contribution in [-0.2, 0) is 19.4 Å². The van der Waals surface area contributed by atoms with Crippen LogP contribution < -0.4 is 0 Å². The average Bonchev–Trinajstić information content (AvgIpc) is 2.77. The zero-order valence-corrected chi connectivity index (χ0v) is 12.7. The van der Waals surface area contributed by atoms with Crippen LogP contribution in [0, 0.1) is 5.92 Å². The van der Waals surface area contributed by atoms with Gasteiger partial charge >= 0.3 is 0 Å². The first-order valence-electron chi connectivity index (χ1n) is 7.20. The Morgan fingerprint density at radius 1 is 1.19 bits per heavy atom. The summed E-state index contributed by atoms with van der Waals surface area (Å²) in [6.45, 7) is 1.89. The van der Waals surface area contributed by atoms with Crippen LogP contribution in [0.3, 0.4) is 0 Å². The third-order valence-corrected chi connectivity index (χ3v) is 5.96. The molecule has 2 aliphatic rings. The summed E-state index contributed by atoms with van der Waals surface area (Å²) < 4.78 is 30.7. The molecule has 0 radical (unpaired) electrons. The van der Waals surface area contributed by atoms with Crippen molar-refractivity contribution < 1.29 is 17.9 Å². The average molecular weight is 306 g/mol. The molecule has 5 heteroatoms. The molecule has 0 spiro atoms. The highest BCUT2D eigenvalue weighted by Gasteiger charge is 2.40. The molecule has 2 atom stereocenters. The third-order valence-electron chi connectivity index (χ3n) is 4.20. The Labute approximate surface area is 124 Å². The van der Waals surface area contributed by atoms with Crippen LogP contribution >= 0.6 is 0 Å². The second-order valence-corrected chi connectivity index (χ2v) is 7.69. The number of ether oxygens (including phenoxy) is 1. The molecule has 0 saturated carbocycles. The van der Waals surface area contributed by atoms with Gasteiger partial charge in [0.1, 0.15) is 11.9 Å². The number of Topliss-reactive ketones (excluding diaryl/α,β-unsaturated/α-hetero) is 1. The molecule has 21 heavy (non-hydrogen) atoms. The minimum Gasteiger partial charge on any atom is -0.493 e. The van der Waals surface area contributed by atoms with Crippen LogP contribution in [0.25, 0.3) is 0 Å². The monoisotopic (exact) mass is 306 g/mol. The smallest absolute Gasteiger partial charge is 0.182 e. The maximum atomic E-state index is 12.4. The predicted octanol–water partition coefficient (Wildman–Crippen LogP) is 2.50. The van der Waals surface area contributed by atoms with E-state index in [1.165, 1.54) is 0 Å². The first kappa shape index (κ1) is 14.3. The number of carbonyl (C=O) groups is 1.